The molecule has 138 valence electrons. The highest BCUT2D eigenvalue weighted by Crippen LogP contribution is 2.41. The Labute approximate surface area is 177 Å². The fourth-order valence-corrected chi connectivity index (χ4v) is 5.38. The normalized spacial score (nSPS) is 11.9. The van der Waals surface area contributed by atoms with Crippen molar-refractivity contribution in [2.75, 3.05) is 0 Å². The lowest BCUT2D eigenvalue weighted by atomic mass is 10.1. The number of rotatable bonds is 5. The Hall–Kier alpha value is -2.62. The summed E-state index contributed by atoms with van der Waals surface area (Å²) in [5, 5.41) is 2.47. The van der Waals surface area contributed by atoms with Crippen LogP contribution in [0.15, 0.2) is 72.8 Å². The molecule has 0 saturated carbocycles. The zero-order chi connectivity index (χ0) is 19.8. The molecule has 0 saturated heterocycles. The Bertz CT molecular complexity index is 1280. The quantitative estimate of drug-likeness (QED) is 0.290. The molecule has 0 N–H and O–H groups in total. The summed E-state index contributed by atoms with van der Waals surface area (Å²) in [5.74, 6) is 0. The lowest BCUT2D eigenvalue weighted by molar-refractivity contribution is 1.22. The van der Waals surface area contributed by atoms with E-state index in [0.717, 1.165) is 26.2 Å². The van der Waals surface area contributed by atoms with E-state index in [1.807, 2.05) is 18.2 Å². The molecule has 2 aromatic carbocycles. The average molecular weight is 446 g/mol. The zero-order valence-electron chi connectivity index (χ0n) is 15.7. The van der Waals surface area contributed by atoms with Gasteiger partial charge in [0, 0.05) is 25.7 Å². The largest absolute Gasteiger partial charge is 0.308 e. The second-order valence-corrected chi connectivity index (χ2v) is 8.39. The van der Waals surface area contributed by atoms with E-state index < -0.39 is 0 Å². The van der Waals surface area contributed by atoms with Crippen LogP contribution >= 0.6 is 27.3 Å². The molecule has 1 nitrogen and oxygen atoms in total. The SMILES string of the molecule is C=Cc1sc(/C(=C\C)n2c3ccccc3c3cc(Br)ccc32)c(C=C)c1C=C. The summed E-state index contributed by atoms with van der Waals surface area (Å²) in [4.78, 5) is 2.29. The van der Waals surface area contributed by atoms with Crippen molar-refractivity contribution in [3.63, 3.8) is 0 Å². The summed E-state index contributed by atoms with van der Waals surface area (Å²) in [6, 6.07) is 15.0. The Kier molecular flexibility index (Phi) is 4.96. The minimum absolute atomic E-state index is 1.08. The van der Waals surface area contributed by atoms with Crippen molar-refractivity contribution in [1.29, 1.82) is 0 Å². The summed E-state index contributed by atoms with van der Waals surface area (Å²) in [6.45, 7) is 14.1. The number of thiophene rings is 1. The van der Waals surface area contributed by atoms with Crippen LogP contribution in [0.5, 0.6) is 0 Å². The molecule has 0 spiro atoms. The molecule has 28 heavy (non-hydrogen) atoms. The van der Waals surface area contributed by atoms with Gasteiger partial charge in [-0.05, 0) is 36.8 Å². The van der Waals surface area contributed by atoms with Crippen LogP contribution in [-0.2, 0) is 0 Å². The van der Waals surface area contributed by atoms with Gasteiger partial charge in [-0.25, -0.2) is 0 Å². The predicted molar refractivity (Wildman–Crippen MR) is 131 cm³/mol. The van der Waals surface area contributed by atoms with Crippen molar-refractivity contribution >= 4 is 73.0 Å². The van der Waals surface area contributed by atoms with E-state index in [9.17, 15) is 0 Å². The van der Waals surface area contributed by atoms with Gasteiger partial charge in [0.15, 0.2) is 0 Å². The highest BCUT2D eigenvalue weighted by Gasteiger charge is 2.20. The van der Waals surface area contributed by atoms with Gasteiger partial charge >= 0.3 is 0 Å². The van der Waals surface area contributed by atoms with Gasteiger partial charge in [-0.2, -0.15) is 0 Å². The molecule has 0 aliphatic heterocycles. The third-order valence-corrected chi connectivity index (χ3v) is 6.72. The second kappa shape index (κ2) is 7.42. The van der Waals surface area contributed by atoms with Crippen molar-refractivity contribution in [2.24, 2.45) is 0 Å². The lowest BCUT2D eigenvalue weighted by Crippen LogP contribution is -1.98. The first-order valence-electron chi connectivity index (χ1n) is 9.04. The van der Waals surface area contributed by atoms with E-state index in [2.05, 4.69) is 95.7 Å². The van der Waals surface area contributed by atoms with Crippen LogP contribution in [0.3, 0.4) is 0 Å². The van der Waals surface area contributed by atoms with Crippen LogP contribution in [0, 0.1) is 0 Å². The number of para-hydroxylation sites is 1. The maximum Gasteiger partial charge on any atom is 0.0598 e. The molecule has 0 bridgehead atoms. The molecular weight excluding hydrogens is 426 g/mol. The molecule has 0 radical (unpaired) electrons. The standard InChI is InChI=1S/C25H20BrNS/c1-5-17-18(6-2)25(28-24(17)8-4)21(7-3)27-22-12-10-9-11-19(22)20-15-16(26)13-14-23(20)27/h5-15H,1-2,4H2,3H3/b21-7+. The highest BCUT2D eigenvalue weighted by molar-refractivity contribution is 9.10. The van der Waals surface area contributed by atoms with Crippen LogP contribution in [0.4, 0.5) is 0 Å². The van der Waals surface area contributed by atoms with Gasteiger partial charge in [0.25, 0.3) is 0 Å². The maximum atomic E-state index is 4.06. The summed E-state index contributed by atoms with van der Waals surface area (Å²) < 4.78 is 3.42. The van der Waals surface area contributed by atoms with Gasteiger partial charge in [-0.3, -0.25) is 0 Å². The molecule has 4 rings (SSSR count). The van der Waals surface area contributed by atoms with Crippen molar-refractivity contribution < 1.29 is 0 Å². The van der Waals surface area contributed by atoms with E-state index in [1.165, 1.54) is 26.7 Å². The molecule has 2 aromatic heterocycles. The topological polar surface area (TPSA) is 4.93 Å². The Morgan fingerprint density at radius 1 is 0.929 bits per heavy atom. The molecule has 0 atom stereocenters. The monoisotopic (exact) mass is 445 g/mol. The molecule has 0 fully saturated rings. The number of halogens is 1. The third-order valence-electron chi connectivity index (χ3n) is 4.99. The van der Waals surface area contributed by atoms with E-state index in [0.29, 0.717) is 0 Å². The number of nitrogens with zero attached hydrogens (tertiary/aromatic N) is 1. The van der Waals surface area contributed by atoms with Crippen LogP contribution in [0.1, 0.15) is 27.8 Å². The lowest BCUT2D eigenvalue weighted by Gasteiger charge is -2.12. The summed E-state index contributed by atoms with van der Waals surface area (Å²) in [5.41, 5.74) is 5.71. The van der Waals surface area contributed by atoms with Gasteiger partial charge in [0.1, 0.15) is 0 Å². The number of benzene rings is 2. The van der Waals surface area contributed by atoms with E-state index >= 15 is 0 Å². The second-order valence-electron chi connectivity index (χ2n) is 6.42. The molecule has 0 amide bonds. The van der Waals surface area contributed by atoms with Gasteiger partial charge in [-0.1, -0.05) is 78.2 Å². The molecule has 4 aromatic rings. The Balaban J connectivity index is 2.12. The molecule has 2 heterocycles. The van der Waals surface area contributed by atoms with Gasteiger partial charge in [-0.15, -0.1) is 11.3 Å². The first kappa shape index (κ1) is 18.7. The van der Waals surface area contributed by atoms with Crippen LogP contribution in [-0.4, -0.2) is 4.57 Å². The summed E-state index contributed by atoms with van der Waals surface area (Å²) in [6.07, 6.45) is 7.88. The molecule has 3 heteroatoms. The Morgan fingerprint density at radius 3 is 2.32 bits per heavy atom. The summed E-state index contributed by atoms with van der Waals surface area (Å²) in [7, 11) is 0. The minimum atomic E-state index is 1.08. The average Bonchev–Trinajstić information content (AvgIpc) is 3.24. The number of allylic oxidation sites excluding steroid dienone is 1. The Morgan fingerprint density at radius 2 is 1.64 bits per heavy atom. The fraction of sp³-hybridized carbons (Fsp3) is 0.0400. The highest BCUT2D eigenvalue weighted by atomic mass is 79.9. The van der Waals surface area contributed by atoms with Crippen LogP contribution in [0.25, 0.3) is 45.7 Å². The molecule has 0 aliphatic carbocycles. The molecular formula is C25H20BrNS. The van der Waals surface area contributed by atoms with E-state index in [1.54, 1.807) is 11.3 Å². The molecule has 0 unspecified atom stereocenters. The van der Waals surface area contributed by atoms with Gasteiger partial charge < -0.3 is 4.57 Å². The van der Waals surface area contributed by atoms with Crippen LogP contribution < -0.4 is 0 Å². The molecule has 0 aliphatic rings. The number of hydrogen-bond acceptors (Lipinski definition) is 1. The van der Waals surface area contributed by atoms with Gasteiger partial charge in [0.2, 0.25) is 0 Å². The minimum Gasteiger partial charge on any atom is -0.308 e. The van der Waals surface area contributed by atoms with Gasteiger partial charge in [0.05, 0.1) is 21.6 Å². The smallest absolute Gasteiger partial charge is 0.0598 e. The summed E-state index contributed by atoms with van der Waals surface area (Å²) >= 11 is 5.35. The fourth-order valence-electron chi connectivity index (χ4n) is 3.80. The first-order valence-corrected chi connectivity index (χ1v) is 10.6. The van der Waals surface area contributed by atoms with Crippen molar-refractivity contribution in [2.45, 2.75) is 6.92 Å². The third kappa shape index (κ3) is 2.74. The van der Waals surface area contributed by atoms with Crippen molar-refractivity contribution in [1.82, 2.24) is 4.57 Å². The van der Waals surface area contributed by atoms with Crippen LogP contribution in [0.2, 0.25) is 0 Å². The number of aromatic nitrogens is 1. The van der Waals surface area contributed by atoms with Crippen molar-refractivity contribution in [3.05, 3.63) is 93.6 Å². The van der Waals surface area contributed by atoms with E-state index in [4.69, 9.17) is 0 Å². The first-order chi connectivity index (χ1) is 13.6. The van der Waals surface area contributed by atoms with Crippen molar-refractivity contribution in [3.8, 4) is 0 Å². The maximum absolute atomic E-state index is 4.06. The number of hydrogen-bond donors (Lipinski definition) is 0. The zero-order valence-corrected chi connectivity index (χ0v) is 18.1. The van der Waals surface area contributed by atoms with E-state index in [-0.39, 0.29) is 0 Å². The predicted octanol–water partition coefficient (Wildman–Crippen LogP) is 8.46. The number of fused-ring (bicyclic) bond motifs is 3.